The van der Waals surface area contributed by atoms with E-state index in [9.17, 15) is 42.3 Å². The quantitative estimate of drug-likeness (QED) is 0.0727. The van der Waals surface area contributed by atoms with E-state index in [0.717, 1.165) is 33.8 Å². The number of urea groups is 1. The van der Waals surface area contributed by atoms with E-state index >= 15 is 0 Å². The zero-order valence-electron chi connectivity index (χ0n) is 39.3. The summed E-state index contributed by atoms with van der Waals surface area (Å²) in [5, 5.41) is 22.7. The smallest absolute Gasteiger partial charge is 0.417 e. The average molecular weight is 986 g/mol. The van der Waals surface area contributed by atoms with Gasteiger partial charge in [0.1, 0.15) is 29.1 Å². The van der Waals surface area contributed by atoms with Crippen LogP contribution in [-0.4, -0.2) is 113 Å². The molecule has 3 aliphatic heterocycles. The third-order valence-electron chi connectivity index (χ3n) is 12.3. The molecule has 4 aromatic rings. The van der Waals surface area contributed by atoms with Crippen molar-refractivity contribution in [1.82, 2.24) is 20.1 Å². The van der Waals surface area contributed by atoms with E-state index in [1.807, 2.05) is 45.0 Å². The molecule has 0 bridgehead atoms. The van der Waals surface area contributed by atoms with Crippen LogP contribution in [0, 0.1) is 24.2 Å². The molecule has 370 valence electrons. The summed E-state index contributed by atoms with van der Waals surface area (Å²) >= 11 is 1.56. The number of alkyl halides is 3. The number of aliphatic hydroxyl groups is 1. The van der Waals surface area contributed by atoms with E-state index in [1.54, 1.807) is 41.1 Å². The predicted molar refractivity (Wildman–Crippen MR) is 252 cm³/mol. The maximum atomic E-state index is 14.1. The summed E-state index contributed by atoms with van der Waals surface area (Å²) < 4.78 is 58.5. The van der Waals surface area contributed by atoms with Crippen molar-refractivity contribution in [2.45, 2.75) is 90.3 Å². The molecule has 3 aromatic carbocycles. The molecule has 0 spiro atoms. The normalized spacial score (nSPS) is 18.4. The van der Waals surface area contributed by atoms with Gasteiger partial charge in [-0.2, -0.15) is 18.4 Å². The molecule has 0 aliphatic carbocycles. The van der Waals surface area contributed by atoms with Crippen molar-refractivity contribution in [3.63, 3.8) is 0 Å². The molecule has 1 aromatic heterocycles. The summed E-state index contributed by atoms with van der Waals surface area (Å²) in [6.45, 7) is 10.1. The van der Waals surface area contributed by atoms with Gasteiger partial charge in [0.05, 0.1) is 64.8 Å². The number of ether oxygens (including phenoxy) is 3. The highest BCUT2D eigenvalue weighted by Gasteiger charge is 2.53. The van der Waals surface area contributed by atoms with Crippen molar-refractivity contribution in [1.29, 1.82) is 5.26 Å². The van der Waals surface area contributed by atoms with Crippen molar-refractivity contribution in [3.8, 4) is 22.3 Å². The van der Waals surface area contributed by atoms with Crippen molar-refractivity contribution in [3.05, 3.63) is 106 Å². The minimum Gasteiger partial charge on any atom is -0.496 e. The number of hydrogen-bond acceptors (Lipinski definition) is 12. The molecular weight excluding hydrogens is 932 g/mol. The Kier molecular flexibility index (Phi) is 15.6. The number of likely N-dealkylation sites (tertiary alicyclic amines) is 1. The lowest BCUT2D eigenvalue weighted by molar-refractivity contribution is -0.147. The van der Waals surface area contributed by atoms with Crippen LogP contribution in [0.3, 0.4) is 0 Å². The topological polar surface area (TPSA) is 195 Å². The molecule has 4 heterocycles. The molecule has 6 amide bonds. The number of aliphatic hydroxyl groups excluding tert-OH is 1. The number of thiazole rings is 1. The zero-order chi connectivity index (χ0) is 50.5. The predicted octanol–water partition coefficient (Wildman–Crippen LogP) is 6.98. The highest BCUT2D eigenvalue weighted by atomic mass is 32.1. The summed E-state index contributed by atoms with van der Waals surface area (Å²) in [7, 11) is 0. The summed E-state index contributed by atoms with van der Waals surface area (Å²) in [5.41, 5.74) is 1.35. The number of carbonyl (C=O) groups excluding carboxylic acids is 5. The molecule has 1 unspecified atom stereocenters. The van der Waals surface area contributed by atoms with Gasteiger partial charge < -0.3 is 34.4 Å². The number of imide groups is 1. The molecule has 0 radical (unpaired) electrons. The standard InChI is InChI=1S/C50H54F3N7O9S/c1-30(2)43(46(64)57-27-37(61)23-41(57)45(63)55-26-32-8-10-33(11-9-32)44-31(3)56-29-70-44)58-28-39(24-42(58)62)69-21-7-19-67-18-6-20-68-38-16-14-35(15-17-38)60-48(66)59(47(65)49(60,4)5)36-13-12-34(25-54)40(22-36)50(51,52)53/h8-17,22,24,29-30,37,41,43,61H,6-7,18-21,23,26-28H2,1-5H3,(H,55,63)/t37-,41+,43?/m1/s1. The second-order valence-electron chi connectivity index (χ2n) is 18.0. The Balaban J connectivity index is 0.814. The molecule has 2 N–H and O–H groups in total. The van der Waals surface area contributed by atoms with Gasteiger partial charge in [-0.15, -0.1) is 11.3 Å². The number of aromatic nitrogens is 1. The first-order valence-electron chi connectivity index (χ1n) is 22.8. The summed E-state index contributed by atoms with van der Waals surface area (Å²) in [6.07, 6.45) is -3.28. The van der Waals surface area contributed by atoms with Crippen LogP contribution in [0.25, 0.3) is 10.4 Å². The van der Waals surface area contributed by atoms with Crippen LogP contribution in [0.4, 0.5) is 29.3 Å². The van der Waals surface area contributed by atoms with E-state index in [0.29, 0.717) is 60.8 Å². The Labute approximate surface area is 407 Å². The number of amides is 6. The number of aryl methyl sites for hydroxylation is 1. The number of rotatable bonds is 19. The number of β-amino-alcohol motifs (C(OH)–C–C–N with tert-alkyl or cyclic N) is 1. The van der Waals surface area contributed by atoms with E-state index in [-0.39, 0.29) is 56.1 Å². The first-order valence-corrected chi connectivity index (χ1v) is 23.7. The fourth-order valence-corrected chi connectivity index (χ4v) is 9.53. The number of nitrogens with zero attached hydrogens (tertiary/aromatic N) is 6. The minimum absolute atomic E-state index is 0.0295. The van der Waals surface area contributed by atoms with Gasteiger partial charge in [0.25, 0.3) is 11.8 Å². The first kappa shape index (κ1) is 51.0. The largest absolute Gasteiger partial charge is 0.496 e. The van der Waals surface area contributed by atoms with Gasteiger partial charge in [-0.05, 0) is 80.3 Å². The number of nitriles is 1. The van der Waals surface area contributed by atoms with Crippen LogP contribution < -0.4 is 19.9 Å². The fraction of sp³-hybridized carbons (Fsp3) is 0.420. The number of halogens is 3. The molecule has 20 heteroatoms. The lowest BCUT2D eigenvalue weighted by atomic mass is 10.0. The SMILES string of the molecule is Cc1ncsc1-c1ccc(CNC(=O)[C@@H]2C[C@@H](O)CN2C(=O)C(C(C)C)N2CC(OCCCOCCCOc3ccc(N4C(=O)N(c5ccc(C#N)c(C(F)(F)F)c5)C(=O)C4(C)C)cc3)=CC2=O)cc1. The highest BCUT2D eigenvalue weighted by Crippen LogP contribution is 2.40. The molecular formula is C50H54F3N7O9S. The van der Waals surface area contributed by atoms with Crippen LogP contribution in [0.15, 0.2) is 84.1 Å². The average Bonchev–Trinajstić information content (AvgIpc) is 4.08. The molecule has 2 fully saturated rings. The number of nitrogens with one attached hydrogen (secondary N) is 1. The summed E-state index contributed by atoms with van der Waals surface area (Å²) in [4.78, 5) is 77.9. The van der Waals surface area contributed by atoms with Gasteiger partial charge in [-0.1, -0.05) is 38.1 Å². The Morgan fingerprint density at radius 1 is 0.971 bits per heavy atom. The molecule has 7 rings (SSSR count). The van der Waals surface area contributed by atoms with Crippen LogP contribution >= 0.6 is 11.3 Å². The molecule has 16 nitrogen and oxygen atoms in total. The van der Waals surface area contributed by atoms with Crippen molar-refractivity contribution in [2.75, 3.05) is 49.3 Å². The monoisotopic (exact) mass is 985 g/mol. The lowest BCUT2D eigenvalue weighted by Gasteiger charge is -2.35. The van der Waals surface area contributed by atoms with E-state index in [2.05, 4.69) is 10.3 Å². The van der Waals surface area contributed by atoms with Gasteiger partial charge in [-0.25, -0.2) is 14.7 Å². The minimum atomic E-state index is -4.87. The maximum Gasteiger partial charge on any atom is 0.417 e. The van der Waals surface area contributed by atoms with Crippen LogP contribution in [0.5, 0.6) is 5.75 Å². The molecule has 70 heavy (non-hydrogen) atoms. The second-order valence-corrected chi connectivity index (χ2v) is 18.9. The second kappa shape index (κ2) is 21.4. The Morgan fingerprint density at radius 3 is 2.27 bits per heavy atom. The Bertz CT molecular complexity index is 2670. The number of anilines is 2. The van der Waals surface area contributed by atoms with Crippen LogP contribution in [0.1, 0.15) is 69.3 Å². The molecule has 3 atom stereocenters. The van der Waals surface area contributed by atoms with E-state index in [4.69, 9.17) is 19.5 Å². The fourth-order valence-electron chi connectivity index (χ4n) is 8.72. The van der Waals surface area contributed by atoms with Gasteiger partial charge in [0, 0.05) is 57.3 Å². The molecule has 0 saturated carbocycles. The Morgan fingerprint density at radius 2 is 1.64 bits per heavy atom. The molecule has 3 aliphatic rings. The zero-order valence-corrected chi connectivity index (χ0v) is 40.1. The molecule has 2 saturated heterocycles. The van der Waals surface area contributed by atoms with E-state index < -0.39 is 58.9 Å². The first-order chi connectivity index (χ1) is 33.3. The summed E-state index contributed by atoms with van der Waals surface area (Å²) in [5.74, 6) is -1.35. The van der Waals surface area contributed by atoms with Crippen molar-refractivity contribution >= 4 is 52.4 Å². The third-order valence-corrected chi connectivity index (χ3v) is 13.3. The van der Waals surface area contributed by atoms with Crippen LogP contribution in [0.2, 0.25) is 0 Å². The van der Waals surface area contributed by atoms with E-state index in [1.165, 1.54) is 40.7 Å². The van der Waals surface area contributed by atoms with Gasteiger partial charge in [0.15, 0.2) is 0 Å². The van der Waals surface area contributed by atoms with Crippen molar-refractivity contribution < 1.29 is 56.5 Å². The lowest BCUT2D eigenvalue weighted by Crippen LogP contribution is -2.55. The maximum absolute atomic E-state index is 14.1. The summed E-state index contributed by atoms with van der Waals surface area (Å²) in [6, 6.07) is 15.7. The number of carbonyl (C=O) groups is 5. The number of hydrogen-bond donors (Lipinski definition) is 2. The van der Waals surface area contributed by atoms with Gasteiger partial charge >= 0.3 is 12.2 Å². The van der Waals surface area contributed by atoms with Gasteiger partial charge in [-0.3, -0.25) is 24.1 Å². The van der Waals surface area contributed by atoms with Crippen LogP contribution in [-0.2, 0) is 41.4 Å². The number of benzene rings is 3. The van der Waals surface area contributed by atoms with Crippen molar-refractivity contribution in [2.24, 2.45) is 5.92 Å². The third kappa shape index (κ3) is 11.1. The highest BCUT2D eigenvalue weighted by molar-refractivity contribution is 7.13. The van der Waals surface area contributed by atoms with Gasteiger partial charge in [0.2, 0.25) is 11.8 Å². The Hall–Kier alpha value is -6.82.